The number of ether oxygens (including phenoxy) is 2. The van der Waals surface area contributed by atoms with Gasteiger partial charge in [-0.25, -0.2) is 4.39 Å². The lowest BCUT2D eigenvalue weighted by Gasteiger charge is -2.24. The Morgan fingerprint density at radius 1 is 1.22 bits per heavy atom. The van der Waals surface area contributed by atoms with Crippen LogP contribution < -0.4 is 4.74 Å². The number of aromatic nitrogens is 1. The van der Waals surface area contributed by atoms with Gasteiger partial charge in [-0.05, 0) is 47.9 Å². The van der Waals surface area contributed by atoms with E-state index in [1.165, 1.54) is 12.1 Å². The van der Waals surface area contributed by atoms with E-state index in [0.717, 1.165) is 33.3 Å². The van der Waals surface area contributed by atoms with Crippen LogP contribution >= 0.6 is 0 Å². The van der Waals surface area contributed by atoms with Crippen LogP contribution in [0.15, 0.2) is 48.5 Å². The molecule has 1 aliphatic rings. The number of cyclic esters (lactones) is 1. The molecule has 0 radical (unpaired) electrons. The number of carbonyl (C=O) groups is 1. The number of fused-ring (bicyclic) bond motifs is 1. The molecule has 3 aromatic rings. The predicted octanol–water partition coefficient (Wildman–Crippen LogP) is 5.25. The first-order chi connectivity index (χ1) is 15.4. The van der Waals surface area contributed by atoms with Gasteiger partial charge in [0.1, 0.15) is 17.7 Å². The van der Waals surface area contributed by atoms with E-state index in [1.807, 2.05) is 24.3 Å². The average molecular weight is 435 g/mol. The van der Waals surface area contributed by atoms with Gasteiger partial charge in [-0.1, -0.05) is 32.1 Å². The molecule has 4 rings (SSSR count). The molecule has 1 aliphatic heterocycles. The number of rotatable bonds is 5. The first-order valence-electron chi connectivity index (χ1n) is 10.7. The molecule has 0 spiro atoms. The van der Waals surface area contributed by atoms with Gasteiger partial charge in [-0.15, -0.1) is 0 Å². The SMILES string of the molecule is COc1ccc2nc(C(C)C)c(/C=C/[C@@H]3C[C@@H](O)CC(=O)O3)c(-c3ccc(F)cc3)c2c1. The van der Waals surface area contributed by atoms with Crippen molar-refractivity contribution < 1.29 is 23.8 Å². The molecule has 0 unspecified atom stereocenters. The second-order valence-corrected chi connectivity index (χ2v) is 8.31. The van der Waals surface area contributed by atoms with Gasteiger partial charge in [-0.2, -0.15) is 0 Å². The fourth-order valence-corrected chi connectivity index (χ4v) is 4.07. The van der Waals surface area contributed by atoms with E-state index in [2.05, 4.69) is 13.8 Å². The Hall–Kier alpha value is -3.25. The standard InChI is InChI=1S/C26H26FNO4/c1-15(2)26-21(10-8-20-12-18(29)13-24(30)32-20)25(16-4-6-17(27)7-5-16)22-14-19(31-3)9-11-23(22)28-26/h4-11,14-15,18,20,29H,12-13H2,1-3H3/b10-8+/t18-,20-/m1/s1. The summed E-state index contributed by atoms with van der Waals surface area (Å²) in [7, 11) is 1.61. The Bertz CT molecular complexity index is 1170. The van der Waals surface area contributed by atoms with Crippen LogP contribution in [0.5, 0.6) is 5.75 Å². The summed E-state index contributed by atoms with van der Waals surface area (Å²) in [6, 6.07) is 12.1. The van der Waals surface area contributed by atoms with Crippen LogP contribution in [0.3, 0.4) is 0 Å². The van der Waals surface area contributed by atoms with E-state index < -0.39 is 18.2 Å². The summed E-state index contributed by atoms with van der Waals surface area (Å²) in [6.45, 7) is 4.13. The van der Waals surface area contributed by atoms with E-state index in [0.29, 0.717) is 12.2 Å². The van der Waals surface area contributed by atoms with Crippen LogP contribution in [-0.4, -0.2) is 35.4 Å². The number of methoxy groups -OCH3 is 1. The highest BCUT2D eigenvalue weighted by atomic mass is 19.1. The topological polar surface area (TPSA) is 68.7 Å². The highest BCUT2D eigenvalue weighted by molar-refractivity contribution is 6.00. The zero-order chi connectivity index (χ0) is 22.8. The Labute approximate surface area is 186 Å². The molecule has 0 aliphatic carbocycles. The van der Waals surface area contributed by atoms with Crippen molar-refractivity contribution in [3.05, 3.63) is 65.6 Å². The molecular formula is C26H26FNO4. The zero-order valence-corrected chi connectivity index (χ0v) is 18.3. The number of aliphatic hydroxyl groups excluding tert-OH is 1. The number of esters is 1. The minimum Gasteiger partial charge on any atom is -0.497 e. The lowest BCUT2D eigenvalue weighted by molar-refractivity contribution is -0.156. The van der Waals surface area contributed by atoms with Crippen LogP contribution in [0.25, 0.3) is 28.1 Å². The summed E-state index contributed by atoms with van der Waals surface area (Å²) in [6.07, 6.45) is 2.82. The van der Waals surface area contributed by atoms with Gasteiger partial charge in [0.2, 0.25) is 0 Å². The molecule has 0 amide bonds. The summed E-state index contributed by atoms with van der Waals surface area (Å²) in [4.78, 5) is 16.7. The van der Waals surface area contributed by atoms with Crippen molar-refractivity contribution in [1.82, 2.24) is 4.98 Å². The molecule has 6 heteroatoms. The van der Waals surface area contributed by atoms with Crippen LogP contribution in [0.1, 0.15) is 43.9 Å². The Morgan fingerprint density at radius 2 is 1.97 bits per heavy atom. The first-order valence-corrected chi connectivity index (χ1v) is 10.7. The number of benzene rings is 2. The number of hydrogen-bond acceptors (Lipinski definition) is 5. The third kappa shape index (κ3) is 4.50. The van der Waals surface area contributed by atoms with Crippen LogP contribution in [-0.2, 0) is 9.53 Å². The van der Waals surface area contributed by atoms with Crippen molar-refractivity contribution in [3.63, 3.8) is 0 Å². The van der Waals surface area contributed by atoms with Crippen molar-refractivity contribution in [2.24, 2.45) is 0 Å². The molecule has 2 heterocycles. The van der Waals surface area contributed by atoms with Crippen molar-refractivity contribution >= 4 is 22.9 Å². The molecule has 1 saturated heterocycles. The molecule has 1 fully saturated rings. The van der Waals surface area contributed by atoms with Gasteiger partial charge >= 0.3 is 5.97 Å². The lowest BCUT2D eigenvalue weighted by atomic mass is 9.90. The zero-order valence-electron chi connectivity index (χ0n) is 18.3. The van der Waals surface area contributed by atoms with Crippen molar-refractivity contribution in [1.29, 1.82) is 0 Å². The highest BCUT2D eigenvalue weighted by Crippen LogP contribution is 2.38. The van der Waals surface area contributed by atoms with Crippen LogP contribution in [0, 0.1) is 5.82 Å². The summed E-state index contributed by atoms with van der Waals surface area (Å²) in [5, 5.41) is 10.8. The number of carbonyl (C=O) groups excluding carboxylic acids is 1. The molecule has 166 valence electrons. The van der Waals surface area contributed by atoms with Gasteiger partial charge in [0.15, 0.2) is 0 Å². The first kappa shape index (κ1) is 22.0. The number of halogens is 1. The van der Waals surface area contributed by atoms with Crippen molar-refractivity contribution in [2.45, 2.75) is 44.8 Å². The molecule has 0 bridgehead atoms. The molecule has 2 aromatic carbocycles. The Balaban J connectivity index is 1.95. The van der Waals surface area contributed by atoms with E-state index >= 15 is 0 Å². The van der Waals surface area contributed by atoms with E-state index in [4.69, 9.17) is 14.5 Å². The Morgan fingerprint density at radius 3 is 2.62 bits per heavy atom. The highest BCUT2D eigenvalue weighted by Gasteiger charge is 2.26. The maximum Gasteiger partial charge on any atom is 0.309 e. The molecule has 1 aromatic heterocycles. The number of aliphatic hydroxyl groups is 1. The number of nitrogens with zero attached hydrogens (tertiary/aromatic N) is 1. The summed E-state index contributed by atoms with van der Waals surface area (Å²) in [5.41, 5.74) is 4.29. The third-order valence-corrected chi connectivity index (χ3v) is 5.61. The van der Waals surface area contributed by atoms with Gasteiger partial charge in [0.05, 0.1) is 30.8 Å². The Kier molecular flexibility index (Phi) is 6.24. The van der Waals surface area contributed by atoms with E-state index in [-0.39, 0.29) is 18.2 Å². The molecular weight excluding hydrogens is 409 g/mol. The monoisotopic (exact) mass is 435 g/mol. The van der Waals surface area contributed by atoms with Gasteiger partial charge in [0, 0.05) is 22.9 Å². The van der Waals surface area contributed by atoms with Gasteiger partial charge < -0.3 is 14.6 Å². The smallest absolute Gasteiger partial charge is 0.309 e. The second kappa shape index (κ2) is 9.09. The molecule has 2 atom stereocenters. The van der Waals surface area contributed by atoms with Crippen molar-refractivity contribution in [2.75, 3.05) is 7.11 Å². The van der Waals surface area contributed by atoms with Crippen LogP contribution in [0.4, 0.5) is 4.39 Å². The molecule has 0 saturated carbocycles. The lowest BCUT2D eigenvalue weighted by Crippen LogP contribution is -2.31. The quantitative estimate of drug-likeness (QED) is 0.554. The summed E-state index contributed by atoms with van der Waals surface area (Å²) < 4.78 is 24.5. The summed E-state index contributed by atoms with van der Waals surface area (Å²) >= 11 is 0. The van der Waals surface area contributed by atoms with E-state index in [1.54, 1.807) is 25.3 Å². The van der Waals surface area contributed by atoms with Crippen LogP contribution in [0.2, 0.25) is 0 Å². The maximum atomic E-state index is 13.7. The predicted molar refractivity (Wildman–Crippen MR) is 122 cm³/mol. The largest absolute Gasteiger partial charge is 0.497 e. The normalized spacial score (nSPS) is 19.0. The maximum absolute atomic E-state index is 13.7. The van der Waals surface area contributed by atoms with Crippen molar-refractivity contribution in [3.8, 4) is 16.9 Å². The van der Waals surface area contributed by atoms with Gasteiger partial charge in [0.25, 0.3) is 0 Å². The molecule has 1 N–H and O–H groups in total. The fourth-order valence-electron chi connectivity index (χ4n) is 4.07. The third-order valence-electron chi connectivity index (χ3n) is 5.61. The number of pyridine rings is 1. The minimum atomic E-state index is -0.717. The fraction of sp³-hybridized carbons (Fsp3) is 0.308. The second-order valence-electron chi connectivity index (χ2n) is 8.31. The number of hydrogen-bond donors (Lipinski definition) is 1. The summed E-state index contributed by atoms with van der Waals surface area (Å²) in [5.74, 6) is 0.0793. The van der Waals surface area contributed by atoms with Gasteiger partial charge in [-0.3, -0.25) is 9.78 Å². The minimum absolute atomic E-state index is 0.0136. The van der Waals surface area contributed by atoms with E-state index in [9.17, 15) is 14.3 Å². The average Bonchev–Trinajstić information content (AvgIpc) is 2.76. The molecule has 32 heavy (non-hydrogen) atoms. The molecule has 5 nitrogen and oxygen atoms in total.